The summed E-state index contributed by atoms with van der Waals surface area (Å²) in [5.41, 5.74) is 3.99. The Hall–Kier alpha value is -1.35. The molecule has 0 unspecified atom stereocenters. The van der Waals surface area contributed by atoms with Gasteiger partial charge in [-0.2, -0.15) is 0 Å². The van der Waals surface area contributed by atoms with Crippen LogP contribution in [-0.2, 0) is 9.53 Å². The van der Waals surface area contributed by atoms with E-state index in [0.29, 0.717) is 23.7 Å². The summed E-state index contributed by atoms with van der Waals surface area (Å²) in [6, 6.07) is 0. The number of allylic oxidation sites excluding steroid dienone is 4. The first-order valence-corrected chi connectivity index (χ1v) is 17.0. The Bertz CT molecular complexity index is 874. The fraction of sp³-hybridized carbons (Fsp3) is 0.811. The fourth-order valence-electron chi connectivity index (χ4n) is 8.22. The fourth-order valence-corrected chi connectivity index (χ4v) is 8.22. The Morgan fingerprint density at radius 3 is 2.52 bits per heavy atom. The molecule has 0 aromatic carbocycles. The van der Waals surface area contributed by atoms with E-state index in [1.165, 1.54) is 81.8 Å². The summed E-state index contributed by atoms with van der Waals surface area (Å²) >= 11 is 0. The predicted molar refractivity (Wildman–Crippen MR) is 169 cm³/mol. The Labute approximate surface area is 247 Å². The van der Waals surface area contributed by atoms with Gasteiger partial charge >= 0.3 is 5.97 Å². The zero-order valence-electron chi connectivity index (χ0n) is 26.9. The Kier molecular flexibility index (Phi) is 13.1. The third-order valence-corrected chi connectivity index (χ3v) is 10.6. The van der Waals surface area contributed by atoms with Crippen molar-refractivity contribution in [1.82, 2.24) is 0 Å². The summed E-state index contributed by atoms with van der Waals surface area (Å²) in [4.78, 5) is 12.5. The maximum atomic E-state index is 12.5. The number of carbonyl (C=O) groups excluding carboxylic acids is 1. The zero-order chi connectivity index (χ0) is 29.2. The van der Waals surface area contributed by atoms with Gasteiger partial charge in [-0.05, 0) is 100 Å². The van der Waals surface area contributed by atoms with E-state index < -0.39 is 5.60 Å². The topological polar surface area (TPSA) is 46.5 Å². The molecule has 40 heavy (non-hydrogen) atoms. The number of hydrogen-bond donors (Lipinski definition) is 1. The number of ether oxygens (including phenoxy) is 1. The highest BCUT2D eigenvalue weighted by Crippen LogP contribution is 2.60. The molecule has 3 aliphatic rings. The monoisotopic (exact) mass is 554 g/mol. The van der Waals surface area contributed by atoms with E-state index in [1.807, 2.05) is 13.8 Å². The number of esters is 1. The van der Waals surface area contributed by atoms with Crippen molar-refractivity contribution < 1.29 is 14.6 Å². The normalized spacial score (nSPS) is 30.1. The van der Waals surface area contributed by atoms with Crippen LogP contribution in [0.5, 0.6) is 0 Å². The van der Waals surface area contributed by atoms with E-state index >= 15 is 0 Å². The average molecular weight is 555 g/mol. The van der Waals surface area contributed by atoms with Crippen LogP contribution in [-0.4, -0.2) is 22.8 Å². The molecule has 3 fully saturated rings. The molecule has 0 heterocycles. The summed E-state index contributed by atoms with van der Waals surface area (Å²) in [6.07, 6.45) is 26.2. The van der Waals surface area contributed by atoms with Crippen LogP contribution in [0.4, 0.5) is 0 Å². The van der Waals surface area contributed by atoms with Crippen molar-refractivity contribution in [2.45, 2.75) is 168 Å². The number of fused-ring (bicyclic) bond motifs is 1. The number of aliphatic hydroxyl groups is 1. The molecule has 0 aromatic heterocycles. The lowest BCUT2D eigenvalue weighted by atomic mass is 9.60. The summed E-state index contributed by atoms with van der Waals surface area (Å²) in [7, 11) is 0. The maximum absolute atomic E-state index is 12.5. The largest absolute Gasteiger partial charge is 0.462 e. The van der Waals surface area contributed by atoms with Gasteiger partial charge in [-0.15, -0.1) is 0 Å². The highest BCUT2D eigenvalue weighted by Gasteiger charge is 2.50. The van der Waals surface area contributed by atoms with Crippen LogP contribution in [0.25, 0.3) is 0 Å². The van der Waals surface area contributed by atoms with Crippen molar-refractivity contribution in [1.29, 1.82) is 0 Å². The third-order valence-electron chi connectivity index (χ3n) is 10.6. The quantitative estimate of drug-likeness (QED) is 0.162. The summed E-state index contributed by atoms with van der Waals surface area (Å²) in [5.74, 6) is 2.16. The molecule has 0 radical (unpaired) electrons. The molecule has 0 aliphatic heterocycles. The van der Waals surface area contributed by atoms with E-state index in [2.05, 4.69) is 39.5 Å². The van der Waals surface area contributed by atoms with Gasteiger partial charge in [0.1, 0.15) is 6.10 Å². The van der Waals surface area contributed by atoms with Crippen molar-refractivity contribution >= 4 is 5.97 Å². The lowest BCUT2D eigenvalue weighted by Gasteiger charge is -2.44. The molecule has 3 rings (SSSR count). The number of carbonyl (C=O) groups is 1. The van der Waals surface area contributed by atoms with Gasteiger partial charge in [-0.1, -0.05) is 102 Å². The Morgan fingerprint density at radius 1 is 1.07 bits per heavy atom. The second-order valence-electron chi connectivity index (χ2n) is 14.5. The van der Waals surface area contributed by atoms with Crippen LogP contribution in [0.3, 0.4) is 0 Å². The summed E-state index contributed by atoms with van der Waals surface area (Å²) in [5, 5.41) is 10.1. The van der Waals surface area contributed by atoms with Gasteiger partial charge in [0.2, 0.25) is 0 Å². The first-order chi connectivity index (χ1) is 19.0. The molecule has 0 saturated heterocycles. The summed E-state index contributed by atoms with van der Waals surface area (Å²) in [6.45, 7) is 15.5. The molecule has 5 atom stereocenters. The number of unbranched alkanes of at least 4 members (excludes halogenated alkanes) is 6. The van der Waals surface area contributed by atoms with E-state index in [0.717, 1.165) is 50.9 Å². The Morgan fingerprint density at radius 2 is 1.80 bits per heavy atom. The molecular formula is C37H62O3. The first kappa shape index (κ1) is 33.2. The van der Waals surface area contributed by atoms with Crippen LogP contribution in [0.1, 0.15) is 157 Å². The molecule has 0 bridgehead atoms. The number of hydrogen-bond acceptors (Lipinski definition) is 3. The molecular weight excluding hydrogens is 492 g/mol. The molecule has 3 saturated carbocycles. The van der Waals surface area contributed by atoms with Gasteiger partial charge in [0.05, 0.1) is 5.60 Å². The van der Waals surface area contributed by atoms with E-state index in [4.69, 9.17) is 4.74 Å². The molecule has 228 valence electrons. The van der Waals surface area contributed by atoms with Crippen molar-refractivity contribution in [3.8, 4) is 0 Å². The Balaban J connectivity index is 1.52. The molecule has 0 aromatic rings. The van der Waals surface area contributed by atoms with Gasteiger partial charge < -0.3 is 9.84 Å². The van der Waals surface area contributed by atoms with Gasteiger partial charge in [-0.3, -0.25) is 4.79 Å². The smallest absolute Gasteiger partial charge is 0.306 e. The van der Waals surface area contributed by atoms with E-state index in [9.17, 15) is 9.90 Å². The van der Waals surface area contributed by atoms with Crippen LogP contribution >= 0.6 is 0 Å². The third kappa shape index (κ3) is 9.88. The van der Waals surface area contributed by atoms with Crippen molar-refractivity contribution in [2.24, 2.45) is 23.2 Å². The number of rotatable bonds is 15. The average Bonchev–Trinajstić information content (AvgIpc) is 3.25. The van der Waals surface area contributed by atoms with E-state index in [-0.39, 0.29) is 12.1 Å². The highest BCUT2D eigenvalue weighted by atomic mass is 16.5. The SMILES string of the molecule is C=C1CC[C@H](OC(=O)CCCCCCCCC)C/C1=C/C=C1\CCC[C@]2(C)[C@@H]([C@H](C)CCCC(C)(C)O)CC[C@@H]12. The highest BCUT2D eigenvalue weighted by molar-refractivity contribution is 5.69. The van der Waals surface area contributed by atoms with Gasteiger partial charge in [0.15, 0.2) is 0 Å². The minimum atomic E-state index is -0.551. The maximum Gasteiger partial charge on any atom is 0.306 e. The van der Waals surface area contributed by atoms with Crippen LogP contribution in [0.15, 0.2) is 35.5 Å². The standard InChI is InChI=1S/C37H62O3/c1-7-8-9-10-11-12-13-18-35(38)40-32-22-19-28(2)31(27-32)21-20-30-17-15-26-37(6)33(23-24-34(30)37)29(3)16-14-25-36(4,5)39/h20-21,29,32-34,39H,2,7-19,22-27H2,1,3-6H3/b30-20+,31-21-/t29-,32+,33-,34+,37-/m1/s1. The predicted octanol–water partition coefficient (Wildman–Crippen LogP) is 10.4. The molecule has 3 heteroatoms. The minimum absolute atomic E-state index is 0.00411. The molecule has 3 aliphatic carbocycles. The van der Waals surface area contributed by atoms with E-state index in [1.54, 1.807) is 5.57 Å². The lowest BCUT2D eigenvalue weighted by molar-refractivity contribution is -0.149. The van der Waals surface area contributed by atoms with Gasteiger partial charge in [0, 0.05) is 12.8 Å². The van der Waals surface area contributed by atoms with Gasteiger partial charge in [-0.25, -0.2) is 0 Å². The summed E-state index contributed by atoms with van der Waals surface area (Å²) < 4.78 is 5.93. The molecule has 0 spiro atoms. The second-order valence-corrected chi connectivity index (χ2v) is 14.5. The van der Waals surface area contributed by atoms with Crippen molar-refractivity contribution in [2.75, 3.05) is 0 Å². The molecule has 3 nitrogen and oxygen atoms in total. The van der Waals surface area contributed by atoms with Crippen molar-refractivity contribution in [3.63, 3.8) is 0 Å². The minimum Gasteiger partial charge on any atom is -0.462 e. The first-order valence-electron chi connectivity index (χ1n) is 17.0. The van der Waals surface area contributed by atoms with Gasteiger partial charge in [0.25, 0.3) is 0 Å². The zero-order valence-corrected chi connectivity index (χ0v) is 26.9. The van der Waals surface area contributed by atoms with Crippen LogP contribution in [0.2, 0.25) is 0 Å². The van der Waals surface area contributed by atoms with Crippen LogP contribution < -0.4 is 0 Å². The lowest BCUT2D eigenvalue weighted by Crippen LogP contribution is -2.36. The molecule has 0 amide bonds. The van der Waals surface area contributed by atoms with Crippen molar-refractivity contribution in [3.05, 3.63) is 35.5 Å². The second kappa shape index (κ2) is 15.8. The molecule has 1 N–H and O–H groups in total. The van der Waals surface area contributed by atoms with Crippen LogP contribution in [0, 0.1) is 23.2 Å².